The van der Waals surface area contributed by atoms with Crippen molar-refractivity contribution in [2.75, 3.05) is 13.1 Å². The summed E-state index contributed by atoms with van der Waals surface area (Å²) in [5.41, 5.74) is 4.97. The van der Waals surface area contributed by atoms with Crippen LogP contribution in [0.4, 0.5) is 0 Å². The molecule has 1 aliphatic rings. The number of nitrogens with zero attached hydrogens (tertiary/aromatic N) is 2. The van der Waals surface area contributed by atoms with Gasteiger partial charge in [-0.05, 0) is 63.4 Å². The van der Waals surface area contributed by atoms with Crippen LogP contribution in [-0.2, 0) is 6.42 Å². The molecule has 2 aromatic carbocycles. The van der Waals surface area contributed by atoms with Gasteiger partial charge in [0, 0.05) is 30.1 Å². The predicted molar refractivity (Wildman–Crippen MR) is 116 cm³/mol. The lowest BCUT2D eigenvalue weighted by molar-refractivity contribution is 0.101. The largest absolute Gasteiger partial charge is 0.441 e. The monoisotopic (exact) mass is 388 g/mol. The fourth-order valence-corrected chi connectivity index (χ4v) is 4.06. The third kappa shape index (κ3) is 4.33. The van der Waals surface area contributed by atoms with Gasteiger partial charge in [0.1, 0.15) is 5.76 Å². The lowest BCUT2D eigenvalue weighted by atomic mass is 10.0. The number of rotatable bonds is 6. The van der Waals surface area contributed by atoms with Gasteiger partial charge in [-0.25, -0.2) is 4.98 Å². The van der Waals surface area contributed by atoms with Crippen molar-refractivity contribution in [3.05, 3.63) is 65.5 Å². The van der Waals surface area contributed by atoms with E-state index < -0.39 is 0 Å². The van der Waals surface area contributed by atoms with Crippen molar-refractivity contribution in [3.8, 4) is 22.6 Å². The second-order valence-electron chi connectivity index (χ2n) is 8.01. The second kappa shape index (κ2) is 8.34. The molecule has 4 nitrogen and oxygen atoms in total. The Balaban J connectivity index is 1.47. The van der Waals surface area contributed by atoms with Gasteiger partial charge in [0.2, 0.25) is 5.89 Å². The zero-order valence-corrected chi connectivity index (χ0v) is 17.4. The van der Waals surface area contributed by atoms with Crippen LogP contribution < -0.4 is 0 Å². The van der Waals surface area contributed by atoms with Crippen molar-refractivity contribution in [2.24, 2.45) is 0 Å². The number of oxazole rings is 1. The maximum Gasteiger partial charge on any atom is 0.226 e. The van der Waals surface area contributed by atoms with E-state index >= 15 is 0 Å². The molecule has 1 aromatic heterocycles. The highest BCUT2D eigenvalue weighted by atomic mass is 16.4. The van der Waals surface area contributed by atoms with E-state index in [1.807, 2.05) is 43.3 Å². The van der Waals surface area contributed by atoms with Crippen LogP contribution in [0.1, 0.15) is 48.5 Å². The number of hydrogen-bond donors (Lipinski definition) is 0. The normalized spacial score (nSPS) is 17.0. The summed E-state index contributed by atoms with van der Waals surface area (Å²) in [5, 5.41) is 0. The van der Waals surface area contributed by atoms with Gasteiger partial charge in [0.25, 0.3) is 0 Å². The molecule has 1 atom stereocenters. The molecule has 1 aliphatic heterocycles. The lowest BCUT2D eigenvalue weighted by Crippen LogP contribution is -2.29. The standard InChI is InChI=1S/C25H28N2O2/c1-17-5-4-15-27(17)16-14-24-19(3)29-25(26-24)23-12-10-22(11-13-23)21-8-6-20(7-9-21)18(2)28/h6-13,17H,4-5,14-16H2,1-3H3. The number of benzene rings is 2. The number of ketones is 1. The highest BCUT2D eigenvalue weighted by molar-refractivity contribution is 5.94. The molecular formula is C25H28N2O2. The summed E-state index contributed by atoms with van der Waals surface area (Å²) in [5.74, 6) is 1.68. The van der Waals surface area contributed by atoms with Gasteiger partial charge in [0.15, 0.2) is 5.78 Å². The average Bonchev–Trinajstić information content (AvgIpc) is 3.31. The summed E-state index contributed by atoms with van der Waals surface area (Å²) in [6.45, 7) is 8.14. The van der Waals surface area contributed by atoms with Crippen LogP contribution in [0.5, 0.6) is 0 Å². The second-order valence-corrected chi connectivity index (χ2v) is 8.01. The molecule has 150 valence electrons. The summed E-state index contributed by atoms with van der Waals surface area (Å²) in [6, 6.07) is 16.6. The smallest absolute Gasteiger partial charge is 0.226 e. The maximum atomic E-state index is 11.4. The molecule has 0 N–H and O–H groups in total. The maximum absolute atomic E-state index is 11.4. The topological polar surface area (TPSA) is 46.3 Å². The van der Waals surface area contributed by atoms with Crippen molar-refractivity contribution < 1.29 is 9.21 Å². The zero-order valence-electron chi connectivity index (χ0n) is 17.4. The van der Waals surface area contributed by atoms with Gasteiger partial charge in [-0.1, -0.05) is 36.4 Å². The van der Waals surface area contributed by atoms with Crippen LogP contribution in [0, 0.1) is 6.92 Å². The summed E-state index contributed by atoms with van der Waals surface area (Å²) >= 11 is 0. The van der Waals surface area contributed by atoms with E-state index in [1.54, 1.807) is 6.92 Å². The molecule has 1 unspecified atom stereocenters. The number of aromatic nitrogens is 1. The third-order valence-electron chi connectivity index (χ3n) is 5.98. The van der Waals surface area contributed by atoms with Gasteiger partial charge >= 0.3 is 0 Å². The van der Waals surface area contributed by atoms with Gasteiger partial charge in [-0.15, -0.1) is 0 Å². The summed E-state index contributed by atoms with van der Waals surface area (Å²) in [7, 11) is 0. The van der Waals surface area contributed by atoms with Gasteiger partial charge in [-0.3, -0.25) is 4.79 Å². The average molecular weight is 389 g/mol. The van der Waals surface area contributed by atoms with Gasteiger partial charge < -0.3 is 9.32 Å². The van der Waals surface area contributed by atoms with E-state index in [0.29, 0.717) is 11.9 Å². The Morgan fingerprint density at radius 1 is 1.07 bits per heavy atom. The third-order valence-corrected chi connectivity index (χ3v) is 5.98. The Bertz CT molecular complexity index is 987. The van der Waals surface area contributed by atoms with Crippen LogP contribution in [-0.4, -0.2) is 34.8 Å². The number of likely N-dealkylation sites (tertiary alicyclic amines) is 1. The van der Waals surface area contributed by atoms with E-state index in [9.17, 15) is 4.79 Å². The van der Waals surface area contributed by atoms with Crippen LogP contribution >= 0.6 is 0 Å². The van der Waals surface area contributed by atoms with E-state index in [-0.39, 0.29) is 5.78 Å². The molecule has 1 fully saturated rings. The minimum absolute atomic E-state index is 0.0844. The Morgan fingerprint density at radius 2 is 1.69 bits per heavy atom. The number of carbonyl (C=O) groups excluding carboxylic acids is 1. The first-order chi connectivity index (χ1) is 14.0. The van der Waals surface area contributed by atoms with E-state index in [2.05, 4.69) is 24.0 Å². The van der Waals surface area contributed by atoms with Crippen LogP contribution in [0.15, 0.2) is 52.9 Å². The van der Waals surface area contributed by atoms with Gasteiger partial charge in [-0.2, -0.15) is 0 Å². The van der Waals surface area contributed by atoms with Crippen molar-refractivity contribution >= 4 is 5.78 Å². The van der Waals surface area contributed by atoms with Gasteiger partial charge in [0.05, 0.1) is 5.69 Å². The molecule has 0 aliphatic carbocycles. The van der Waals surface area contributed by atoms with Crippen LogP contribution in [0.25, 0.3) is 22.6 Å². The van der Waals surface area contributed by atoms with Crippen molar-refractivity contribution in [1.82, 2.24) is 9.88 Å². The minimum atomic E-state index is 0.0844. The Labute approximate surface area is 172 Å². The van der Waals surface area contributed by atoms with E-state index in [1.165, 1.54) is 19.4 Å². The number of hydrogen-bond acceptors (Lipinski definition) is 4. The van der Waals surface area contributed by atoms with E-state index in [0.717, 1.165) is 46.7 Å². The summed E-state index contributed by atoms with van der Waals surface area (Å²) in [6.07, 6.45) is 3.53. The predicted octanol–water partition coefficient (Wildman–Crippen LogP) is 5.55. The van der Waals surface area contributed by atoms with Crippen molar-refractivity contribution in [3.63, 3.8) is 0 Å². The lowest BCUT2D eigenvalue weighted by Gasteiger charge is -2.20. The molecule has 3 aromatic rings. The first-order valence-electron chi connectivity index (χ1n) is 10.4. The summed E-state index contributed by atoms with van der Waals surface area (Å²) in [4.78, 5) is 18.8. The molecule has 1 saturated heterocycles. The SMILES string of the molecule is CC(=O)c1ccc(-c2ccc(-c3nc(CCN4CCCC4C)c(C)o3)cc2)cc1. The Hall–Kier alpha value is -2.72. The first-order valence-corrected chi connectivity index (χ1v) is 10.4. The fourth-order valence-electron chi connectivity index (χ4n) is 4.06. The molecule has 0 radical (unpaired) electrons. The highest BCUT2D eigenvalue weighted by Gasteiger charge is 2.21. The first kappa shape index (κ1) is 19.6. The van der Waals surface area contributed by atoms with Crippen molar-refractivity contribution in [1.29, 1.82) is 0 Å². The molecule has 0 spiro atoms. The molecule has 0 saturated carbocycles. The molecule has 0 amide bonds. The number of aryl methyl sites for hydroxylation is 1. The van der Waals surface area contributed by atoms with Crippen LogP contribution in [0.2, 0.25) is 0 Å². The molecule has 4 rings (SSSR count). The molecule has 0 bridgehead atoms. The number of carbonyl (C=O) groups is 1. The number of Topliss-reactive ketones (excluding diaryl/α,β-unsaturated/α-hetero) is 1. The summed E-state index contributed by atoms with van der Waals surface area (Å²) < 4.78 is 5.96. The van der Waals surface area contributed by atoms with Crippen molar-refractivity contribution in [2.45, 2.75) is 46.1 Å². The minimum Gasteiger partial charge on any atom is -0.441 e. The van der Waals surface area contributed by atoms with Crippen LogP contribution in [0.3, 0.4) is 0 Å². The molecule has 4 heteroatoms. The molecule has 29 heavy (non-hydrogen) atoms. The Morgan fingerprint density at radius 3 is 2.28 bits per heavy atom. The zero-order chi connectivity index (χ0) is 20.4. The Kier molecular flexibility index (Phi) is 5.63. The fraction of sp³-hybridized carbons (Fsp3) is 0.360. The molecule has 2 heterocycles. The molecular weight excluding hydrogens is 360 g/mol. The van der Waals surface area contributed by atoms with E-state index in [4.69, 9.17) is 9.40 Å². The highest BCUT2D eigenvalue weighted by Crippen LogP contribution is 2.27. The quantitative estimate of drug-likeness (QED) is 0.520.